The third-order valence-electron chi connectivity index (χ3n) is 5.00. The van der Waals surface area contributed by atoms with E-state index in [0.717, 1.165) is 22.9 Å². The highest BCUT2D eigenvalue weighted by atomic mass is 16.3. The van der Waals surface area contributed by atoms with Crippen LogP contribution in [0.3, 0.4) is 0 Å². The van der Waals surface area contributed by atoms with Crippen LogP contribution >= 0.6 is 0 Å². The molecule has 8 nitrogen and oxygen atoms in total. The lowest BCUT2D eigenvalue weighted by atomic mass is 10.1. The Morgan fingerprint density at radius 2 is 2.19 bits per heavy atom. The molecule has 2 amide bonds. The van der Waals surface area contributed by atoms with Gasteiger partial charge in [0, 0.05) is 31.9 Å². The van der Waals surface area contributed by atoms with Gasteiger partial charge in [-0.25, -0.2) is 4.98 Å². The van der Waals surface area contributed by atoms with Crippen LogP contribution in [0.2, 0.25) is 0 Å². The van der Waals surface area contributed by atoms with E-state index in [1.54, 1.807) is 6.33 Å². The van der Waals surface area contributed by atoms with Gasteiger partial charge in [-0.3, -0.25) is 14.5 Å². The van der Waals surface area contributed by atoms with Gasteiger partial charge in [0.2, 0.25) is 11.8 Å². The molecule has 0 saturated carbocycles. The monoisotopic (exact) mass is 373 g/mol. The number of hydrogen-bond donors (Lipinski definition) is 2. The summed E-state index contributed by atoms with van der Waals surface area (Å²) in [6.45, 7) is 8.80. The quantitative estimate of drug-likeness (QED) is 0.753. The first kappa shape index (κ1) is 19.2. The van der Waals surface area contributed by atoms with E-state index in [1.807, 2.05) is 42.4 Å². The third-order valence-corrected chi connectivity index (χ3v) is 5.00. The van der Waals surface area contributed by atoms with Crippen molar-refractivity contribution in [3.63, 3.8) is 0 Å². The molecular weight excluding hydrogens is 346 g/mol. The summed E-state index contributed by atoms with van der Waals surface area (Å²) in [6, 6.07) is 3.33. The summed E-state index contributed by atoms with van der Waals surface area (Å²) in [5, 5.41) is 5.75. The van der Waals surface area contributed by atoms with Gasteiger partial charge in [0.1, 0.15) is 11.5 Å². The number of aromatic nitrogens is 2. The minimum atomic E-state index is -0.485. The number of aryl methyl sites for hydroxylation is 2. The van der Waals surface area contributed by atoms with Gasteiger partial charge in [0.05, 0.1) is 31.0 Å². The van der Waals surface area contributed by atoms with Gasteiger partial charge in [-0.2, -0.15) is 0 Å². The van der Waals surface area contributed by atoms with Crippen molar-refractivity contribution in [2.45, 2.75) is 46.3 Å². The SMILES string of the molecule is Cc1ccc(CN2CCNC(=O)[C@@H]2CC(=O)NCCn2cnc(C)c2C)o1. The molecule has 8 heteroatoms. The predicted molar refractivity (Wildman–Crippen MR) is 100.0 cm³/mol. The second kappa shape index (κ2) is 8.39. The molecule has 3 rings (SSSR count). The number of furan rings is 1. The summed E-state index contributed by atoms with van der Waals surface area (Å²) >= 11 is 0. The van der Waals surface area contributed by atoms with Gasteiger partial charge in [0.15, 0.2) is 0 Å². The minimum Gasteiger partial charge on any atom is -0.465 e. The molecule has 1 atom stereocenters. The number of amides is 2. The molecule has 27 heavy (non-hydrogen) atoms. The molecule has 2 aromatic heterocycles. The third kappa shape index (κ3) is 4.77. The summed E-state index contributed by atoms with van der Waals surface area (Å²) in [6.07, 6.45) is 1.91. The molecule has 0 aliphatic carbocycles. The first-order valence-corrected chi connectivity index (χ1v) is 9.26. The predicted octanol–water partition coefficient (Wildman–Crippen LogP) is 0.908. The number of nitrogens with one attached hydrogen (secondary N) is 2. The molecular formula is C19H27N5O3. The van der Waals surface area contributed by atoms with Crippen LogP contribution in [-0.4, -0.2) is 51.9 Å². The van der Waals surface area contributed by atoms with Crippen molar-refractivity contribution in [2.24, 2.45) is 0 Å². The Labute approximate surface area is 158 Å². The van der Waals surface area contributed by atoms with Crippen LogP contribution in [0.4, 0.5) is 0 Å². The number of piperazine rings is 1. The van der Waals surface area contributed by atoms with Gasteiger partial charge in [-0.05, 0) is 32.9 Å². The molecule has 3 heterocycles. The zero-order valence-electron chi connectivity index (χ0n) is 16.1. The average Bonchev–Trinajstić information content (AvgIpc) is 3.18. The Bertz CT molecular complexity index is 810. The maximum absolute atomic E-state index is 12.4. The van der Waals surface area contributed by atoms with Gasteiger partial charge < -0.3 is 19.6 Å². The summed E-state index contributed by atoms with van der Waals surface area (Å²) < 4.78 is 7.63. The van der Waals surface area contributed by atoms with E-state index < -0.39 is 6.04 Å². The lowest BCUT2D eigenvalue weighted by molar-refractivity contribution is -0.134. The van der Waals surface area contributed by atoms with Crippen molar-refractivity contribution in [1.29, 1.82) is 0 Å². The first-order chi connectivity index (χ1) is 12.9. The molecule has 1 aliphatic heterocycles. The fourth-order valence-corrected chi connectivity index (χ4v) is 3.28. The Hall–Kier alpha value is -2.61. The van der Waals surface area contributed by atoms with Crippen molar-refractivity contribution in [1.82, 2.24) is 25.1 Å². The summed E-state index contributed by atoms with van der Waals surface area (Å²) in [5.74, 6) is 1.40. The van der Waals surface area contributed by atoms with E-state index >= 15 is 0 Å². The normalized spacial score (nSPS) is 17.7. The van der Waals surface area contributed by atoms with E-state index in [2.05, 4.69) is 15.6 Å². The standard InChI is InChI=1S/C19H27N5O3/c1-13-4-5-16(27-13)11-23-8-7-21-19(26)17(23)10-18(25)20-6-9-24-12-22-14(2)15(24)3/h4-5,12,17H,6-11H2,1-3H3,(H,20,25)(H,21,26)/t17-/m0/s1. The van der Waals surface area contributed by atoms with Crippen molar-refractivity contribution >= 4 is 11.8 Å². The fraction of sp³-hybridized carbons (Fsp3) is 0.526. The largest absolute Gasteiger partial charge is 0.465 e. The summed E-state index contributed by atoms with van der Waals surface area (Å²) in [4.78, 5) is 30.9. The lowest BCUT2D eigenvalue weighted by Crippen LogP contribution is -2.56. The minimum absolute atomic E-state index is 0.110. The number of imidazole rings is 1. The topological polar surface area (TPSA) is 92.4 Å². The van der Waals surface area contributed by atoms with Crippen LogP contribution in [0.1, 0.15) is 29.3 Å². The molecule has 0 aromatic carbocycles. The molecule has 0 spiro atoms. The van der Waals surface area contributed by atoms with E-state index in [-0.39, 0.29) is 18.2 Å². The van der Waals surface area contributed by atoms with Crippen LogP contribution < -0.4 is 10.6 Å². The lowest BCUT2D eigenvalue weighted by Gasteiger charge is -2.34. The van der Waals surface area contributed by atoms with Gasteiger partial charge in [0.25, 0.3) is 0 Å². The van der Waals surface area contributed by atoms with E-state index in [4.69, 9.17) is 4.42 Å². The second-order valence-electron chi connectivity index (χ2n) is 6.95. The smallest absolute Gasteiger partial charge is 0.237 e. The molecule has 0 bridgehead atoms. The van der Waals surface area contributed by atoms with Crippen molar-refractivity contribution in [3.8, 4) is 0 Å². The van der Waals surface area contributed by atoms with Gasteiger partial charge in [-0.15, -0.1) is 0 Å². The molecule has 2 aromatic rings. The van der Waals surface area contributed by atoms with Crippen LogP contribution in [0.15, 0.2) is 22.9 Å². The van der Waals surface area contributed by atoms with E-state index in [9.17, 15) is 9.59 Å². The number of carbonyl (C=O) groups is 2. The van der Waals surface area contributed by atoms with E-state index in [0.29, 0.717) is 32.7 Å². The van der Waals surface area contributed by atoms with E-state index in [1.165, 1.54) is 0 Å². The Morgan fingerprint density at radius 1 is 1.37 bits per heavy atom. The highest BCUT2D eigenvalue weighted by molar-refractivity contribution is 5.88. The highest BCUT2D eigenvalue weighted by Crippen LogP contribution is 2.15. The van der Waals surface area contributed by atoms with Crippen LogP contribution in [0.25, 0.3) is 0 Å². The Balaban J connectivity index is 1.53. The highest BCUT2D eigenvalue weighted by Gasteiger charge is 2.32. The fourth-order valence-electron chi connectivity index (χ4n) is 3.28. The Morgan fingerprint density at radius 3 is 2.85 bits per heavy atom. The molecule has 146 valence electrons. The number of carbonyl (C=O) groups excluding carboxylic acids is 2. The zero-order chi connectivity index (χ0) is 19.4. The second-order valence-corrected chi connectivity index (χ2v) is 6.95. The molecule has 2 N–H and O–H groups in total. The molecule has 1 aliphatic rings. The molecule has 0 unspecified atom stereocenters. The number of hydrogen-bond acceptors (Lipinski definition) is 5. The molecule has 1 fully saturated rings. The molecule has 0 radical (unpaired) electrons. The van der Waals surface area contributed by atoms with Crippen LogP contribution in [0, 0.1) is 20.8 Å². The first-order valence-electron chi connectivity index (χ1n) is 9.26. The van der Waals surface area contributed by atoms with Crippen molar-refractivity contribution in [3.05, 3.63) is 41.4 Å². The van der Waals surface area contributed by atoms with Crippen LogP contribution in [-0.2, 0) is 22.7 Å². The Kier molecular flexibility index (Phi) is 5.95. The van der Waals surface area contributed by atoms with Crippen LogP contribution in [0.5, 0.6) is 0 Å². The van der Waals surface area contributed by atoms with Crippen molar-refractivity contribution < 1.29 is 14.0 Å². The maximum Gasteiger partial charge on any atom is 0.237 e. The van der Waals surface area contributed by atoms with Crippen molar-refractivity contribution in [2.75, 3.05) is 19.6 Å². The zero-order valence-corrected chi connectivity index (χ0v) is 16.1. The average molecular weight is 373 g/mol. The maximum atomic E-state index is 12.4. The number of rotatable bonds is 7. The molecule has 1 saturated heterocycles. The number of nitrogens with zero attached hydrogens (tertiary/aromatic N) is 3. The van der Waals surface area contributed by atoms with Gasteiger partial charge in [-0.1, -0.05) is 0 Å². The van der Waals surface area contributed by atoms with Gasteiger partial charge >= 0.3 is 0 Å². The summed E-state index contributed by atoms with van der Waals surface area (Å²) in [5.41, 5.74) is 2.08. The summed E-state index contributed by atoms with van der Waals surface area (Å²) in [7, 11) is 0.